The standard InChI is InChI=1S/C10H20N2O/c11-4-3-10(13)6-9-2-1-5-12(7-9)8-10/h9,13H,1-8,11H2. The van der Waals surface area contributed by atoms with Gasteiger partial charge in [0, 0.05) is 13.1 Å². The van der Waals surface area contributed by atoms with Crippen LogP contribution < -0.4 is 5.73 Å². The zero-order chi connectivity index (χ0) is 9.31. The first kappa shape index (κ1) is 9.44. The van der Waals surface area contributed by atoms with Crippen LogP contribution in [0.1, 0.15) is 25.7 Å². The van der Waals surface area contributed by atoms with Crippen molar-refractivity contribution in [1.29, 1.82) is 0 Å². The van der Waals surface area contributed by atoms with Gasteiger partial charge in [0.05, 0.1) is 5.60 Å². The monoisotopic (exact) mass is 184 g/mol. The quantitative estimate of drug-likeness (QED) is 0.644. The van der Waals surface area contributed by atoms with Crippen LogP contribution in [0.5, 0.6) is 0 Å². The smallest absolute Gasteiger partial charge is 0.0789 e. The van der Waals surface area contributed by atoms with Gasteiger partial charge in [0.25, 0.3) is 0 Å². The van der Waals surface area contributed by atoms with Gasteiger partial charge in [-0.15, -0.1) is 0 Å². The maximum absolute atomic E-state index is 10.3. The summed E-state index contributed by atoms with van der Waals surface area (Å²) in [7, 11) is 0. The van der Waals surface area contributed by atoms with Crippen LogP contribution in [0.3, 0.4) is 0 Å². The Balaban J connectivity index is 2.00. The third-order valence-electron chi connectivity index (χ3n) is 3.40. The van der Waals surface area contributed by atoms with Gasteiger partial charge in [-0.3, -0.25) is 0 Å². The highest BCUT2D eigenvalue weighted by atomic mass is 16.3. The van der Waals surface area contributed by atoms with Gasteiger partial charge in [-0.25, -0.2) is 0 Å². The molecule has 2 heterocycles. The van der Waals surface area contributed by atoms with Gasteiger partial charge in [-0.05, 0) is 44.7 Å². The Kier molecular flexibility index (Phi) is 2.58. The number of hydrogen-bond acceptors (Lipinski definition) is 3. The Bertz CT molecular complexity index is 172. The van der Waals surface area contributed by atoms with Crippen LogP contribution in [-0.2, 0) is 0 Å². The van der Waals surface area contributed by atoms with Crippen molar-refractivity contribution in [3.05, 3.63) is 0 Å². The summed E-state index contributed by atoms with van der Waals surface area (Å²) in [6, 6.07) is 0. The first-order valence-corrected chi connectivity index (χ1v) is 5.37. The highest BCUT2D eigenvalue weighted by Crippen LogP contribution is 2.33. The van der Waals surface area contributed by atoms with Gasteiger partial charge in [0.1, 0.15) is 0 Å². The van der Waals surface area contributed by atoms with Crippen LogP contribution in [0.2, 0.25) is 0 Å². The minimum Gasteiger partial charge on any atom is -0.388 e. The molecule has 76 valence electrons. The predicted molar refractivity (Wildman–Crippen MR) is 52.4 cm³/mol. The number of piperidine rings is 2. The first-order chi connectivity index (χ1) is 6.22. The van der Waals surface area contributed by atoms with Crippen molar-refractivity contribution >= 4 is 0 Å². The van der Waals surface area contributed by atoms with E-state index in [1.807, 2.05) is 0 Å². The fraction of sp³-hybridized carbons (Fsp3) is 1.00. The molecule has 13 heavy (non-hydrogen) atoms. The lowest BCUT2D eigenvalue weighted by molar-refractivity contribution is -0.0708. The third kappa shape index (κ3) is 2.03. The SMILES string of the molecule is NCCC1(O)CC2CCCN(C2)C1. The summed E-state index contributed by atoms with van der Waals surface area (Å²) in [4.78, 5) is 2.40. The second-order valence-corrected chi connectivity index (χ2v) is 4.71. The van der Waals surface area contributed by atoms with Gasteiger partial charge < -0.3 is 15.7 Å². The molecule has 3 heteroatoms. The fourth-order valence-corrected chi connectivity index (χ4v) is 2.93. The topological polar surface area (TPSA) is 49.5 Å². The summed E-state index contributed by atoms with van der Waals surface area (Å²) in [5, 5.41) is 10.3. The molecule has 0 aromatic rings. The number of nitrogens with zero attached hydrogens (tertiary/aromatic N) is 1. The molecule has 0 spiro atoms. The predicted octanol–water partition coefficient (Wildman–Crippen LogP) is 0.182. The second-order valence-electron chi connectivity index (χ2n) is 4.71. The fourth-order valence-electron chi connectivity index (χ4n) is 2.93. The summed E-state index contributed by atoms with van der Waals surface area (Å²) in [5.41, 5.74) is 5.04. The van der Waals surface area contributed by atoms with E-state index in [0.717, 1.165) is 25.3 Å². The van der Waals surface area contributed by atoms with E-state index >= 15 is 0 Å². The van der Waals surface area contributed by atoms with E-state index in [4.69, 9.17) is 5.73 Å². The molecule has 2 aliphatic heterocycles. The summed E-state index contributed by atoms with van der Waals surface area (Å²) in [6.07, 6.45) is 4.34. The molecular weight excluding hydrogens is 164 g/mol. The Hall–Kier alpha value is -0.120. The molecule has 2 saturated heterocycles. The van der Waals surface area contributed by atoms with E-state index < -0.39 is 5.60 Å². The van der Waals surface area contributed by atoms with Gasteiger partial charge >= 0.3 is 0 Å². The van der Waals surface area contributed by atoms with Crippen LogP contribution in [0.15, 0.2) is 0 Å². The van der Waals surface area contributed by atoms with Crippen molar-refractivity contribution in [1.82, 2.24) is 4.90 Å². The number of nitrogens with two attached hydrogens (primary N) is 1. The van der Waals surface area contributed by atoms with Crippen molar-refractivity contribution in [3.8, 4) is 0 Å². The molecule has 2 bridgehead atoms. The van der Waals surface area contributed by atoms with Gasteiger partial charge in [-0.2, -0.15) is 0 Å². The lowest BCUT2D eigenvalue weighted by atomic mass is 9.79. The Labute approximate surface area is 79.9 Å². The van der Waals surface area contributed by atoms with Crippen molar-refractivity contribution in [3.63, 3.8) is 0 Å². The van der Waals surface area contributed by atoms with Gasteiger partial charge in [-0.1, -0.05) is 0 Å². The number of hydrogen-bond donors (Lipinski definition) is 2. The zero-order valence-electron chi connectivity index (χ0n) is 8.21. The van der Waals surface area contributed by atoms with Crippen LogP contribution in [0.25, 0.3) is 0 Å². The molecule has 0 radical (unpaired) electrons. The normalized spacial score (nSPS) is 44.8. The molecule has 0 amide bonds. The van der Waals surface area contributed by atoms with E-state index in [0.29, 0.717) is 6.54 Å². The third-order valence-corrected chi connectivity index (χ3v) is 3.40. The molecule has 2 aliphatic rings. The molecule has 2 rings (SSSR count). The van der Waals surface area contributed by atoms with Crippen molar-refractivity contribution in [2.24, 2.45) is 11.7 Å². The Morgan fingerprint density at radius 2 is 2.38 bits per heavy atom. The Morgan fingerprint density at radius 1 is 1.54 bits per heavy atom. The first-order valence-electron chi connectivity index (χ1n) is 5.37. The average Bonchev–Trinajstić information content (AvgIpc) is 2.02. The zero-order valence-corrected chi connectivity index (χ0v) is 8.21. The number of fused-ring (bicyclic) bond motifs is 2. The van der Waals surface area contributed by atoms with Crippen molar-refractivity contribution in [2.45, 2.75) is 31.3 Å². The minimum absolute atomic E-state index is 0.474. The summed E-state index contributed by atoms with van der Waals surface area (Å²) in [6.45, 7) is 3.83. The highest BCUT2D eigenvalue weighted by molar-refractivity contribution is 4.93. The van der Waals surface area contributed by atoms with Crippen molar-refractivity contribution in [2.75, 3.05) is 26.2 Å². The van der Waals surface area contributed by atoms with Crippen LogP contribution in [0.4, 0.5) is 0 Å². The number of aliphatic hydroxyl groups is 1. The largest absolute Gasteiger partial charge is 0.388 e. The van der Waals surface area contributed by atoms with Crippen LogP contribution >= 0.6 is 0 Å². The van der Waals surface area contributed by atoms with E-state index in [9.17, 15) is 5.11 Å². The summed E-state index contributed by atoms with van der Waals surface area (Å²) >= 11 is 0. The van der Waals surface area contributed by atoms with Gasteiger partial charge in [0.2, 0.25) is 0 Å². The second kappa shape index (κ2) is 3.56. The van der Waals surface area contributed by atoms with Crippen LogP contribution in [-0.4, -0.2) is 41.8 Å². The molecule has 3 unspecified atom stereocenters. The van der Waals surface area contributed by atoms with Gasteiger partial charge in [0.15, 0.2) is 0 Å². The van der Waals surface area contributed by atoms with Crippen LogP contribution in [0, 0.1) is 5.92 Å². The highest BCUT2D eigenvalue weighted by Gasteiger charge is 2.38. The maximum atomic E-state index is 10.3. The summed E-state index contributed by atoms with van der Waals surface area (Å²) in [5.74, 6) is 0.721. The minimum atomic E-state index is -0.474. The molecule has 0 aromatic heterocycles. The maximum Gasteiger partial charge on any atom is 0.0789 e. The lowest BCUT2D eigenvalue weighted by Gasteiger charge is -2.46. The van der Waals surface area contributed by atoms with E-state index in [2.05, 4.69) is 4.90 Å². The molecule has 3 nitrogen and oxygen atoms in total. The Morgan fingerprint density at radius 3 is 3.08 bits per heavy atom. The average molecular weight is 184 g/mol. The van der Waals surface area contributed by atoms with Crippen molar-refractivity contribution < 1.29 is 5.11 Å². The molecule has 0 saturated carbocycles. The molecular formula is C10H20N2O. The molecule has 2 fully saturated rings. The van der Waals surface area contributed by atoms with E-state index in [1.54, 1.807) is 0 Å². The molecule has 0 aromatic carbocycles. The summed E-state index contributed by atoms with van der Waals surface area (Å²) < 4.78 is 0. The van der Waals surface area contributed by atoms with E-state index in [1.165, 1.54) is 25.9 Å². The molecule has 3 atom stereocenters. The lowest BCUT2D eigenvalue weighted by Crippen LogP contribution is -2.54. The molecule has 3 N–H and O–H groups in total. The molecule has 0 aliphatic carbocycles. The number of rotatable bonds is 2. The van der Waals surface area contributed by atoms with E-state index in [-0.39, 0.29) is 0 Å².